The number of ether oxygens (including phenoxy) is 1. The van der Waals surface area contributed by atoms with Gasteiger partial charge in [0.1, 0.15) is 5.75 Å². The SMILES string of the molecule is CC1(O)CCCN(CCCOc2ccc(CN)cc2)C1. The Morgan fingerprint density at radius 2 is 2.10 bits per heavy atom. The minimum absolute atomic E-state index is 0.517. The van der Waals surface area contributed by atoms with E-state index >= 15 is 0 Å². The molecule has 1 saturated heterocycles. The summed E-state index contributed by atoms with van der Waals surface area (Å²) >= 11 is 0. The van der Waals surface area contributed by atoms with E-state index in [1.54, 1.807) is 0 Å². The van der Waals surface area contributed by atoms with Crippen molar-refractivity contribution >= 4 is 0 Å². The molecule has 0 aromatic heterocycles. The molecule has 0 radical (unpaired) electrons. The molecule has 1 atom stereocenters. The zero-order valence-electron chi connectivity index (χ0n) is 12.3. The van der Waals surface area contributed by atoms with Gasteiger partial charge in [-0.1, -0.05) is 12.1 Å². The Morgan fingerprint density at radius 1 is 1.35 bits per heavy atom. The van der Waals surface area contributed by atoms with Crippen LogP contribution < -0.4 is 10.5 Å². The third kappa shape index (κ3) is 4.78. The van der Waals surface area contributed by atoms with Gasteiger partial charge in [0.25, 0.3) is 0 Å². The minimum atomic E-state index is -0.517. The quantitative estimate of drug-likeness (QED) is 0.779. The van der Waals surface area contributed by atoms with Crippen LogP contribution in [0.5, 0.6) is 5.75 Å². The van der Waals surface area contributed by atoms with Gasteiger partial charge < -0.3 is 20.5 Å². The molecule has 1 aliphatic rings. The minimum Gasteiger partial charge on any atom is -0.494 e. The highest BCUT2D eigenvalue weighted by atomic mass is 16.5. The zero-order chi connectivity index (χ0) is 14.4. The van der Waals surface area contributed by atoms with Crippen LogP contribution in [0, 0.1) is 0 Å². The number of piperidine rings is 1. The second kappa shape index (κ2) is 7.07. The van der Waals surface area contributed by atoms with Gasteiger partial charge in [0.05, 0.1) is 12.2 Å². The molecule has 20 heavy (non-hydrogen) atoms. The molecule has 0 spiro atoms. The summed E-state index contributed by atoms with van der Waals surface area (Å²) in [6.45, 7) is 6.04. The molecule has 1 fully saturated rings. The van der Waals surface area contributed by atoms with E-state index in [2.05, 4.69) is 4.90 Å². The lowest BCUT2D eigenvalue weighted by Gasteiger charge is -2.36. The molecule has 0 saturated carbocycles. The third-order valence-electron chi connectivity index (χ3n) is 3.80. The van der Waals surface area contributed by atoms with Crippen LogP contribution in [0.4, 0.5) is 0 Å². The number of hydrogen-bond donors (Lipinski definition) is 2. The first kappa shape index (κ1) is 15.3. The van der Waals surface area contributed by atoms with Gasteiger partial charge in [0.15, 0.2) is 0 Å². The molecule has 0 bridgehead atoms. The molecule has 4 nitrogen and oxygen atoms in total. The second-order valence-corrected chi connectivity index (χ2v) is 5.93. The molecule has 0 amide bonds. The van der Waals surface area contributed by atoms with Gasteiger partial charge in [-0.25, -0.2) is 0 Å². The maximum absolute atomic E-state index is 10.0. The molecule has 1 heterocycles. The van der Waals surface area contributed by atoms with Crippen LogP contribution in [0.25, 0.3) is 0 Å². The van der Waals surface area contributed by atoms with Crippen LogP contribution in [0.15, 0.2) is 24.3 Å². The average Bonchev–Trinajstić information content (AvgIpc) is 2.43. The summed E-state index contributed by atoms with van der Waals surface area (Å²) in [4.78, 5) is 2.32. The van der Waals surface area contributed by atoms with E-state index in [0.717, 1.165) is 50.2 Å². The largest absolute Gasteiger partial charge is 0.494 e. The molecule has 0 aliphatic carbocycles. The summed E-state index contributed by atoms with van der Waals surface area (Å²) in [6.07, 6.45) is 2.97. The lowest BCUT2D eigenvalue weighted by Crippen LogP contribution is -2.46. The first-order chi connectivity index (χ1) is 9.59. The highest BCUT2D eigenvalue weighted by Crippen LogP contribution is 2.20. The molecule has 2 rings (SSSR count). The fourth-order valence-corrected chi connectivity index (χ4v) is 2.71. The van der Waals surface area contributed by atoms with Crippen molar-refractivity contribution in [3.8, 4) is 5.75 Å². The molecule has 3 N–H and O–H groups in total. The number of likely N-dealkylation sites (tertiary alicyclic amines) is 1. The Kier molecular flexibility index (Phi) is 5.40. The summed E-state index contributed by atoms with van der Waals surface area (Å²) < 4.78 is 5.72. The predicted octanol–water partition coefficient (Wildman–Crippen LogP) is 1.76. The first-order valence-corrected chi connectivity index (χ1v) is 7.46. The van der Waals surface area contributed by atoms with Crippen molar-refractivity contribution in [3.05, 3.63) is 29.8 Å². The number of aliphatic hydroxyl groups is 1. The Balaban J connectivity index is 1.65. The molecule has 1 aliphatic heterocycles. The topological polar surface area (TPSA) is 58.7 Å². The Hall–Kier alpha value is -1.10. The molecule has 1 aromatic rings. The second-order valence-electron chi connectivity index (χ2n) is 5.93. The maximum Gasteiger partial charge on any atom is 0.119 e. The summed E-state index contributed by atoms with van der Waals surface area (Å²) in [5, 5.41) is 10.0. The number of nitrogens with two attached hydrogens (primary N) is 1. The van der Waals surface area contributed by atoms with E-state index in [1.807, 2.05) is 31.2 Å². The number of nitrogens with zero attached hydrogens (tertiary/aromatic N) is 1. The van der Waals surface area contributed by atoms with Gasteiger partial charge in [-0.3, -0.25) is 0 Å². The number of benzene rings is 1. The van der Waals surface area contributed by atoms with E-state index in [1.165, 1.54) is 0 Å². The van der Waals surface area contributed by atoms with Crippen molar-refractivity contribution < 1.29 is 9.84 Å². The molecule has 112 valence electrons. The van der Waals surface area contributed by atoms with Gasteiger partial charge >= 0.3 is 0 Å². The van der Waals surface area contributed by atoms with E-state index in [4.69, 9.17) is 10.5 Å². The van der Waals surface area contributed by atoms with Crippen LogP contribution in [-0.4, -0.2) is 41.8 Å². The third-order valence-corrected chi connectivity index (χ3v) is 3.80. The predicted molar refractivity (Wildman–Crippen MR) is 80.7 cm³/mol. The Bertz CT molecular complexity index is 403. The van der Waals surface area contributed by atoms with Crippen molar-refractivity contribution in [2.45, 2.75) is 38.3 Å². The standard InChI is InChI=1S/C16H26N2O2/c1-16(19)8-2-9-18(13-16)10-3-11-20-15-6-4-14(12-17)5-7-15/h4-7,19H,2-3,8-13,17H2,1H3. The van der Waals surface area contributed by atoms with Gasteiger partial charge in [0, 0.05) is 19.6 Å². The fraction of sp³-hybridized carbons (Fsp3) is 0.625. The van der Waals surface area contributed by atoms with Crippen molar-refractivity contribution in [1.29, 1.82) is 0 Å². The van der Waals surface area contributed by atoms with Crippen LogP contribution >= 0.6 is 0 Å². The molecular weight excluding hydrogens is 252 g/mol. The van der Waals surface area contributed by atoms with Crippen LogP contribution in [-0.2, 0) is 6.54 Å². The highest BCUT2D eigenvalue weighted by molar-refractivity contribution is 5.26. The van der Waals surface area contributed by atoms with E-state index in [-0.39, 0.29) is 0 Å². The highest BCUT2D eigenvalue weighted by Gasteiger charge is 2.27. The zero-order valence-corrected chi connectivity index (χ0v) is 12.3. The van der Waals surface area contributed by atoms with Crippen LogP contribution in [0.2, 0.25) is 0 Å². The first-order valence-electron chi connectivity index (χ1n) is 7.46. The lowest BCUT2D eigenvalue weighted by molar-refractivity contribution is -0.0165. The number of hydrogen-bond acceptors (Lipinski definition) is 4. The molecule has 4 heteroatoms. The number of rotatable bonds is 6. The van der Waals surface area contributed by atoms with Crippen molar-refractivity contribution in [2.75, 3.05) is 26.2 Å². The molecular formula is C16H26N2O2. The van der Waals surface area contributed by atoms with Crippen LogP contribution in [0.1, 0.15) is 31.7 Å². The summed E-state index contributed by atoms with van der Waals surface area (Å²) in [5.74, 6) is 0.896. The normalized spacial score (nSPS) is 23.8. The van der Waals surface area contributed by atoms with Crippen molar-refractivity contribution in [2.24, 2.45) is 5.73 Å². The Morgan fingerprint density at radius 3 is 2.75 bits per heavy atom. The van der Waals surface area contributed by atoms with Crippen molar-refractivity contribution in [3.63, 3.8) is 0 Å². The van der Waals surface area contributed by atoms with Gasteiger partial charge in [-0.2, -0.15) is 0 Å². The number of β-amino-alcohol motifs (C(OH)–C–C–N with tert-alkyl or cyclic N) is 1. The van der Waals surface area contributed by atoms with Crippen molar-refractivity contribution in [1.82, 2.24) is 4.90 Å². The maximum atomic E-state index is 10.0. The smallest absolute Gasteiger partial charge is 0.119 e. The van der Waals surface area contributed by atoms with E-state index in [9.17, 15) is 5.11 Å². The fourth-order valence-electron chi connectivity index (χ4n) is 2.71. The summed E-state index contributed by atoms with van der Waals surface area (Å²) in [5.41, 5.74) is 6.16. The van der Waals surface area contributed by atoms with E-state index in [0.29, 0.717) is 13.2 Å². The molecule has 1 aromatic carbocycles. The monoisotopic (exact) mass is 278 g/mol. The van der Waals surface area contributed by atoms with Gasteiger partial charge in [0.2, 0.25) is 0 Å². The lowest BCUT2D eigenvalue weighted by atomic mass is 9.95. The average molecular weight is 278 g/mol. The van der Waals surface area contributed by atoms with Gasteiger partial charge in [-0.15, -0.1) is 0 Å². The Labute approximate surface area is 121 Å². The van der Waals surface area contributed by atoms with E-state index < -0.39 is 5.60 Å². The summed E-state index contributed by atoms with van der Waals surface area (Å²) in [7, 11) is 0. The van der Waals surface area contributed by atoms with Gasteiger partial charge in [-0.05, 0) is 50.4 Å². The molecule has 1 unspecified atom stereocenters. The summed E-state index contributed by atoms with van der Waals surface area (Å²) in [6, 6.07) is 7.93. The van der Waals surface area contributed by atoms with Crippen LogP contribution in [0.3, 0.4) is 0 Å².